The number of carbonyl (C=O) groups is 1. The standard InChI is InChI=1S/C22H25N5O4S/c1-4-31-16-8-6-14(10-17(16)30-3)11-23-24-19(28)12-27-22(29)20-15-7-5-13(2)9-18(15)32-21(20)25-26-27/h6,8,10-11,13H,4-5,7,9,12H2,1-3H3,(H,24,28)/b23-11+. The quantitative estimate of drug-likeness (QED) is 0.433. The van der Waals surface area contributed by atoms with Crippen LogP contribution in [0.15, 0.2) is 28.1 Å². The molecule has 32 heavy (non-hydrogen) atoms. The Labute approximate surface area is 189 Å². The topological polar surface area (TPSA) is 108 Å². The number of nitrogens with one attached hydrogen (secondary N) is 1. The lowest BCUT2D eigenvalue weighted by Gasteiger charge is -2.17. The van der Waals surface area contributed by atoms with Gasteiger partial charge in [-0.15, -0.1) is 16.4 Å². The zero-order valence-electron chi connectivity index (χ0n) is 18.3. The largest absolute Gasteiger partial charge is 0.493 e. The Morgan fingerprint density at radius 2 is 2.25 bits per heavy atom. The second kappa shape index (κ2) is 9.47. The van der Waals surface area contributed by atoms with Crippen LogP contribution in [0.4, 0.5) is 0 Å². The normalized spacial score (nSPS) is 15.7. The molecule has 0 fully saturated rings. The van der Waals surface area contributed by atoms with Crippen LogP contribution in [0.3, 0.4) is 0 Å². The number of hydrogen-bond acceptors (Lipinski definition) is 8. The fourth-order valence-corrected chi connectivity index (χ4v) is 5.10. The van der Waals surface area contributed by atoms with Gasteiger partial charge in [-0.05, 0) is 61.4 Å². The van der Waals surface area contributed by atoms with Crippen molar-refractivity contribution in [3.05, 3.63) is 44.6 Å². The van der Waals surface area contributed by atoms with Crippen LogP contribution in [0.25, 0.3) is 10.2 Å². The van der Waals surface area contributed by atoms with Crippen LogP contribution in [0.2, 0.25) is 0 Å². The van der Waals surface area contributed by atoms with Gasteiger partial charge in [-0.2, -0.15) is 5.10 Å². The number of thiophene rings is 1. The molecule has 1 N–H and O–H groups in total. The number of ether oxygens (including phenoxy) is 2. The van der Waals surface area contributed by atoms with E-state index >= 15 is 0 Å². The van der Waals surface area contributed by atoms with Crippen molar-refractivity contribution in [2.45, 2.75) is 39.7 Å². The fourth-order valence-electron chi connectivity index (χ4n) is 3.78. The van der Waals surface area contributed by atoms with E-state index in [0.717, 1.165) is 35.1 Å². The third-order valence-electron chi connectivity index (χ3n) is 5.37. The first-order valence-corrected chi connectivity index (χ1v) is 11.3. The number of carbonyl (C=O) groups excluding carboxylic acids is 1. The summed E-state index contributed by atoms with van der Waals surface area (Å²) >= 11 is 1.53. The molecule has 4 rings (SSSR count). The molecular formula is C22H25N5O4S. The third kappa shape index (κ3) is 4.50. The number of aryl methyl sites for hydroxylation is 1. The van der Waals surface area contributed by atoms with Gasteiger partial charge in [0.25, 0.3) is 11.5 Å². The molecule has 3 aromatic rings. The maximum atomic E-state index is 13.0. The highest BCUT2D eigenvalue weighted by Gasteiger charge is 2.24. The summed E-state index contributed by atoms with van der Waals surface area (Å²) in [4.78, 5) is 27.1. The molecule has 1 atom stereocenters. The summed E-state index contributed by atoms with van der Waals surface area (Å²) in [7, 11) is 1.56. The van der Waals surface area contributed by atoms with E-state index in [1.165, 1.54) is 22.4 Å². The van der Waals surface area contributed by atoms with Crippen molar-refractivity contribution in [3.8, 4) is 11.5 Å². The molecule has 168 valence electrons. The molecule has 1 aliphatic carbocycles. The van der Waals surface area contributed by atoms with Gasteiger partial charge in [0.1, 0.15) is 6.54 Å². The van der Waals surface area contributed by atoms with Crippen molar-refractivity contribution in [1.29, 1.82) is 0 Å². The minimum absolute atomic E-state index is 0.257. The smallest absolute Gasteiger partial charge is 0.279 e. The molecule has 0 saturated carbocycles. The first kappa shape index (κ1) is 21.9. The van der Waals surface area contributed by atoms with Gasteiger partial charge >= 0.3 is 0 Å². The highest BCUT2D eigenvalue weighted by Crippen LogP contribution is 2.35. The van der Waals surface area contributed by atoms with E-state index in [1.807, 2.05) is 6.92 Å². The number of fused-ring (bicyclic) bond motifs is 3. The van der Waals surface area contributed by atoms with E-state index < -0.39 is 5.91 Å². The first-order chi connectivity index (χ1) is 15.5. The van der Waals surface area contributed by atoms with Crippen molar-refractivity contribution in [2.75, 3.05) is 13.7 Å². The van der Waals surface area contributed by atoms with E-state index in [-0.39, 0.29) is 12.1 Å². The number of methoxy groups -OCH3 is 1. The Balaban J connectivity index is 1.45. The Bertz CT molecular complexity index is 1230. The molecule has 0 spiro atoms. The molecule has 1 unspecified atom stereocenters. The van der Waals surface area contributed by atoms with Crippen LogP contribution >= 0.6 is 11.3 Å². The lowest BCUT2D eigenvalue weighted by Crippen LogP contribution is -2.32. The molecule has 1 aromatic carbocycles. The van der Waals surface area contributed by atoms with Gasteiger partial charge in [-0.1, -0.05) is 12.1 Å². The van der Waals surface area contributed by atoms with Gasteiger partial charge in [0.2, 0.25) is 0 Å². The summed E-state index contributed by atoms with van der Waals surface area (Å²) in [5.41, 5.74) is 3.94. The molecule has 0 aliphatic heterocycles. The SMILES string of the molecule is CCOc1ccc(/C=N/NC(=O)Cn2nnc3sc4c(c3c2=O)CCC(C)C4)cc1OC. The Hall–Kier alpha value is -3.27. The van der Waals surface area contributed by atoms with Crippen molar-refractivity contribution in [2.24, 2.45) is 11.0 Å². The molecule has 0 bridgehead atoms. The minimum atomic E-state index is -0.465. The molecule has 9 nitrogen and oxygen atoms in total. The molecule has 0 radical (unpaired) electrons. The highest BCUT2D eigenvalue weighted by molar-refractivity contribution is 7.18. The van der Waals surface area contributed by atoms with Crippen molar-refractivity contribution in [1.82, 2.24) is 20.4 Å². The Morgan fingerprint density at radius 3 is 3.03 bits per heavy atom. The predicted molar refractivity (Wildman–Crippen MR) is 123 cm³/mol. The lowest BCUT2D eigenvalue weighted by molar-refractivity contribution is -0.121. The van der Waals surface area contributed by atoms with Crippen LogP contribution in [-0.4, -0.2) is 40.8 Å². The van der Waals surface area contributed by atoms with Gasteiger partial charge in [0, 0.05) is 4.88 Å². The van der Waals surface area contributed by atoms with E-state index in [2.05, 4.69) is 27.8 Å². The number of aromatic nitrogens is 3. The number of rotatable bonds is 7. The van der Waals surface area contributed by atoms with Crippen LogP contribution in [0, 0.1) is 5.92 Å². The zero-order chi connectivity index (χ0) is 22.7. The minimum Gasteiger partial charge on any atom is -0.493 e. The predicted octanol–water partition coefficient (Wildman–Crippen LogP) is 2.54. The maximum absolute atomic E-state index is 13.0. The van der Waals surface area contributed by atoms with Gasteiger partial charge in [-0.25, -0.2) is 10.1 Å². The molecule has 2 heterocycles. The van der Waals surface area contributed by atoms with Crippen molar-refractivity contribution >= 4 is 33.7 Å². The summed E-state index contributed by atoms with van der Waals surface area (Å²) in [6.07, 6.45) is 4.36. The zero-order valence-corrected chi connectivity index (χ0v) is 19.1. The van der Waals surface area contributed by atoms with E-state index in [0.29, 0.717) is 34.2 Å². The molecular weight excluding hydrogens is 430 g/mol. The summed E-state index contributed by atoms with van der Waals surface area (Å²) in [6, 6.07) is 5.33. The van der Waals surface area contributed by atoms with Crippen LogP contribution in [0.1, 0.15) is 36.3 Å². The van der Waals surface area contributed by atoms with E-state index in [1.54, 1.807) is 25.3 Å². The highest BCUT2D eigenvalue weighted by atomic mass is 32.1. The van der Waals surface area contributed by atoms with Crippen LogP contribution in [-0.2, 0) is 24.2 Å². The van der Waals surface area contributed by atoms with E-state index in [9.17, 15) is 9.59 Å². The first-order valence-electron chi connectivity index (χ1n) is 10.5. The number of hydrazone groups is 1. The van der Waals surface area contributed by atoms with Crippen molar-refractivity contribution < 1.29 is 14.3 Å². The number of benzene rings is 1. The Morgan fingerprint density at radius 1 is 1.41 bits per heavy atom. The second-order valence-corrected chi connectivity index (χ2v) is 8.80. The van der Waals surface area contributed by atoms with Gasteiger partial charge < -0.3 is 9.47 Å². The molecule has 1 aliphatic rings. The van der Waals surface area contributed by atoms with Gasteiger partial charge in [0.15, 0.2) is 16.3 Å². The monoisotopic (exact) mass is 455 g/mol. The second-order valence-electron chi connectivity index (χ2n) is 7.72. The number of nitrogens with zero attached hydrogens (tertiary/aromatic N) is 4. The number of amides is 1. The molecule has 1 amide bonds. The van der Waals surface area contributed by atoms with Gasteiger partial charge in [-0.3, -0.25) is 9.59 Å². The molecule has 0 saturated heterocycles. The van der Waals surface area contributed by atoms with Crippen LogP contribution < -0.4 is 20.5 Å². The van der Waals surface area contributed by atoms with Crippen molar-refractivity contribution in [3.63, 3.8) is 0 Å². The lowest BCUT2D eigenvalue weighted by atomic mass is 9.89. The van der Waals surface area contributed by atoms with E-state index in [4.69, 9.17) is 9.47 Å². The van der Waals surface area contributed by atoms with Gasteiger partial charge in [0.05, 0.1) is 25.3 Å². The summed E-state index contributed by atoms with van der Waals surface area (Å²) < 4.78 is 11.9. The Kier molecular flexibility index (Phi) is 6.50. The van der Waals surface area contributed by atoms with Crippen LogP contribution in [0.5, 0.6) is 11.5 Å². The average molecular weight is 456 g/mol. The maximum Gasteiger partial charge on any atom is 0.279 e. The fraction of sp³-hybridized carbons (Fsp3) is 0.409. The molecule has 2 aromatic heterocycles. The number of hydrogen-bond donors (Lipinski definition) is 1. The third-order valence-corrected chi connectivity index (χ3v) is 6.51. The molecule has 10 heteroatoms. The summed E-state index contributed by atoms with van der Waals surface area (Å²) in [5, 5.41) is 12.7. The average Bonchev–Trinajstić information content (AvgIpc) is 3.15. The summed E-state index contributed by atoms with van der Waals surface area (Å²) in [6.45, 7) is 4.38. The summed E-state index contributed by atoms with van der Waals surface area (Å²) in [5.74, 6) is 1.35.